The van der Waals surface area contributed by atoms with Crippen molar-refractivity contribution >= 4 is 11.9 Å². The van der Waals surface area contributed by atoms with Crippen molar-refractivity contribution in [3.8, 4) is 0 Å². The molecule has 0 spiro atoms. The summed E-state index contributed by atoms with van der Waals surface area (Å²) in [5, 5.41) is 9.03. The molecule has 0 atom stereocenters. The molecule has 0 aliphatic rings. The van der Waals surface area contributed by atoms with Crippen LogP contribution >= 0.6 is 0 Å². The highest BCUT2D eigenvalue weighted by Gasteiger charge is 2.37. The molecule has 0 fully saturated rings. The van der Waals surface area contributed by atoms with Gasteiger partial charge in [0.25, 0.3) is 0 Å². The highest BCUT2D eigenvalue weighted by molar-refractivity contribution is 6.00. The molecule has 0 aromatic heterocycles. The third kappa shape index (κ3) is 3.81. The van der Waals surface area contributed by atoms with E-state index < -0.39 is 11.4 Å². The lowest BCUT2D eigenvalue weighted by Gasteiger charge is -2.26. The van der Waals surface area contributed by atoms with Crippen LogP contribution in [0.15, 0.2) is 24.3 Å². The number of carboxylic acid groups (broad SMARTS) is 1. The summed E-state index contributed by atoms with van der Waals surface area (Å²) in [5.74, 6) is -1.47. The van der Waals surface area contributed by atoms with Crippen LogP contribution in [-0.2, 0) is 16.0 Å². The maximum absolute atomic E-state index is 12.0. The second-order valence-corrected chi connectivity index (χ2v) is 5.40. The Bertz CT molecular complexity index is 480. The molecule has 0 saturated carbocycles. The number of carboxylic acids is 1. The molecule has 0 unspecified atom stereocenters. The van der Waals surface area contributed by atoms with Crippen LogP contribution in [0.2, 0.25) is 0 Å². The van der Waals surface area contributed by atoms with E-state index in [4.69, 9.17) is 5.11 Å². The zero-order valence-electron chi connectivity index (χ0n) is 11.9. The third-order valence-corrected chi connectivity index (χ3v) is 3.23. The van der Waals surface area contributed by atoms with Crippen LogP contribution < -0.4 is 0 Å². The lowest BCUT2D eigenvalue weighted by atomic mass is 9.92. The van der Waals surface area contributed by atoms with Gasteiger partial charge in [0.15, 0.2) is 0 Å². The smallest absolute Gasteiger partial charge is 0.318 e. The molecule has 0 heterocycles. The molecule has 0 radical (unpaired) electrons. The third-order valence-electron chi connectivity index (χ3n) is 3.23. The van der Waals surface area contributed by atoms with Crippen molar-refractivity contribution in [3.63, 3.8) is 0 Å². The summed E-state index contributed by atoms with van der Waals surface area (Å²) >= 11 is 0. The van der Waals surface area contributed by atoms with Crippen LogP contribution in [0.25, 0.3) is 0 Å². The van der Waals surface area contributed by atoms with Gasteiger partial charge in [0.05, 0.1) is 0 Å². The summed E-state index contributed by atoms with van der Waals surface area (Å²) in [4.78, 5) is 24.6. The van der Waals surface area contributed by atoms with Gasteiger partial charge >= 0.3 is 5.97 Å². The first-order valence-electron chi connectivity index (χ1n) is 6.29. The van der Waals surface area contributed by atoms with Crippen LogP contribution in [0.1, 0.15) is 25.0 Å². The standard InChI is InChI=1S/C15H21NO3/c1-11-6-5-7-12(10-11)8-9-16(4)13(17)15(2,3)14(18)19/h5-7,10H,8-9H2,1-4H3,(H,18,19). The predicted molar refractivity (Wildman–Crippen MR) is 73.9 cm³/mol. The van der Waals surface area contributed by atoms with Crippen molar-refractivity contribution in [1.29, 1.82) is 0 Å². The molecular weight excluding hydrogens is 242 g/mol. The van der Waals surface area contributed by atoms with E-state index in [1.54, 1.807) is 7.05 Å². The van der Waals surface area contributed by atoms with Gasteiger partial charge in [-0.15, -0.1) is 0 Å². The van der Waals surface area contributed by atoms with Gasteiger partial charge in [-0.1, -0.05) is 29.8 Å². The van der Waals surface area contributed by atoms with Crippen LogP contribution in [0.3, 0.4) is 0 Å². The fraction of sp³-hybridized carbons (Fsp3) is 0.467. The van der Waals surface area contributed by atoms with E-state index in [1.165, 1.54) is 24.3 Å². The Morgan fingerprint density at radius 3 is 2.47 bits per heavy atom. The van der Waals surface area contributed by atoms with E-state index in [0.29, 0.717) is 6.54 Å². The van der Waals surface area contributed by atoms with Crippen molar-refractivity contribution in [2.75, 3.05) is 13.6 Å². The number of carbonyl (C=O) groups is 2. The van der Waals surface area contributed by atoms with E-state index >= 15 is 0 Å². The minimum atomic E-state index is -1.37. The lowest BCUT2D eigenvalue weighted by Crippen LogP contribution is -2.44. The maximum atomic E-state index is 12.0. The number of amides is 1. The molecule has 4 nitrogen and oxygen atoms in total. The molecule has 0 aliphatic carbocycles. The van der Waals surface area contributed by atoms with Gasteiger partial charge in [0.2, 0.25) is 5.91 Å². The summed E-state index contributed by atoms with van der Waals surface area (Å²) in [6.07, 6.45) is 0.722. The summed E-state index contributed by atoms with van der Waals surface area (Å²) in [6, 6.07) is 8.08. The molecule has 1 amide bonds. The summed E-state index contributed by atoms with van der Waals surface area (Å²) in [6.45, 7) is 5.40. The molecule has 1 aromatic rings. The highest BCUT2D eigenvalue weighted by atomic mass is 16.4. The molecule has 0 aliphatic heterocycles. The normalized spacial score (nSPS) is 11.2. The molecule has 0 saturated heterocycles. The number of likely N-dealkylation sites (N-methyl/N-ethyl adjacent to an activating group) is 1. The molecule has 104 valence electrons. The van der Waals surface area contributed by atoms with Crippen LogP contribution in [0.4, 0.5) is 0 Å². The van der Waals surface area contributed by atoms with Gasteiger partial charge in [0, 0.05) is 13.6 Å². The van der Waals surface area contributed by atoms with E-state index in [2.05, 4.69) is 6.07 Å². The lowest BCUT2D eigenvalue weighted by molar-refractivity contribution is -0.157. The van der Waals surface area contributed by atoms with Crippen molar-refractivity contribution in [3.05, 3.63) is 35.4 Å². The minimum Gasteiger partial charge on any atom is -0.480 e. The second-order valence-electron chi connectivity index (χ2n) is 5.40. The summed E-state index contributed by atoms with van der Waals surface area (Å²) in [7, 11) is 1.64. The topological polar surface area (TPSA) is 57.6 Å². The quantitative estimate of drug-likeness (QED) is 0.828. The molecule has 1 rings (SSSR count). The van der Waals surface area contributed by atoms with E-state index in [1.807, 2.05) is 25.1 Å². The Balaban J connectivity index is 2.63. The monoisotopic (exact) mass is 263 g/mol. The van der Waals surface area contributed by atoms with Gasteiger partial charge in [-0.3, -0.25) is 9.59 Å². The largest absolute Gasteiger partial charge is 0.480 e. The molecular formula is C15H21NO3. The van der Waals surface area contributed by atoms with Gasteiger partial charge in [0.1, 0.15) is 5.41 Å². The number of rotatable bonds is 5. The predicted octanol–water partition coefficient (Wildman–Crippen LogP) is 2.11. The van der Waals surface area contributed by atoms with Crippen molar-refractivity contribution < 1.29 is 14.7 Å². The fourth-order valence-electron chi connectivity index (χ4n) is 1.83. The first-order chi connectivity index (χ1) is 8.75. The number of aryl methyl sites for hydroxylation is 1. The van der Waals surface area contributed by atoms with Gasteiger partial charge in [-0.2, -0.15) is 0 Å². The zero-order chi connectivity index (χ0) is 14.6. The van der Waals surface area contributed by atoms with Crippen LogP contribution in [0, 0.1) is 12.3 Å². The Labute approximate surface area is 114 Å². The van der Waals surface area contributed by atoms with Gasteiger partial charge in [-0.05, 0) is 32.8 Å². The van der Waals surface area contributed by atoms with Gasteiger partial charge < -0.3 is 10.0 Å². The fourth-order valence-corrected chi connectivity index (χ4v) is 1.83. The zero-order valence-corrected chi connectivity index (χ0v) is 11.9. The summed E-state index contributed by atoms with van der Waals surface area (Å²) < 4.78 is 0. The van der Waals surface area contributed by atoms with Crippen molar-refractivity contribution in [2.24, 2.45) is 5.41 Å². The summed E-state index contributed by atoms with van der Waals surface area (Å²) in [5.41, 5.74) is 0.951. The molecule has 1 N–H and O–H groups in total. The Kier molecular flexibility index (Phi) is 4.70. The molecule has 19 heavy (non-hydrogen) atoms. The first-order valence-corrected chi connectivity index (χ1v) is 6.29. The van der Waals surface area contributed by atoms with Crippen molar-refractivity contribution in [2.45, 2.75) is 27.2 Å². The van der Waals surface area contributed by atoms with Crippen molar-refractivity contribution in [1.82, 2.24) is 4.90 Å². The van der Waals surface area contributed by atoms with E-state index in [9.17, 15) is 9.59 Å². The average Bonchev–Trinajstić information content (AvgIpc) is 2.34. The van der Waals surface area contributed by atoms with Crippen LogP contribution in [-0.4, -0.2) is 35.5 Å². The number of hydrogen-bond donors (Lipinski definition) is 1. The first kappa shape index (κ1) is 15.2. The second kappa shape index (κ2) is 5.87. The van der Waals surface area contributed by atoms with E-state index in [0.717, 1.165) is 12.0 Å². The number of aliphatic carboxylic acids is 1. The maximum Gasteiger partial charge on any atom is 0.318 e. The SMILES string of the molecule is Cc1cccc(CCN(C)C(=O)C(C)(C)C(=O)O)c1. The Hall–Kier alpha value is -1.84. The number of carbonyl (C=O) groups excluding carboxylic acids is 1. The number of benzene rings is 1. The Morgan fingerprint density at radius 2 is 1.95 bits per heavy atom. The number of nitrogens with zero attached hydrogens (tertiary/aromatic N) is 1. The molecule has 4 heteroatoms. The minimum absolute atomic E-state index is 0.368. The molecule has 1 aromatic carbocycles. The van der Waals surface area contributed by atoms with Crippen LogP contribution in [0.5, 0.6) is 0 Å². The average molecular weight is 263 g/mol. The van der Waals surface area contributed by atoms with Gasteiger partial charge in [-0.25, -0.2) is 0 Å². The Morgan fingerprint density at radius 1 is 1.32 bits per heavy atom. The number of hydrogen-bond acceptors (Lipinski definition) is 2. The molecule has 0 bridgehead atoms. The highest BCUT2D eigenvalue weighted by Crippen LogP contribution is 2.18. The van der Waals surface area contributed by atoms with E-state index in [-0.39, 0.29) is 5.91 Å².